The summed E-state index contributed by atoms with van der Waals surface area (Å²) in [6, 6.07) is 5.27. The van der Waals surface area contributed by atoms with Crippen molar-refractivity contribution in [1.82, 2.24) is 4.90 Å². The smallest absolute Gasteiger partial charge is 0.323 e. The number of carboxylic acids is 1. The van der Waals surface area contributed by atoms with Gasteiger partial charge in [0.1, 0.15) is 6.54 Å². The molecule has 0 saturated carbocycles. The molecule has 1 aromatic carbocycles. The van der Waals surface area contributed by atoms with Crippen molar-refractivity contribution < 1.29 is 19.4 Å². The van der Waals surface area contributed by atoms with Gasteiger partial charge in [0.25, 0.3) is 5.91 Å². The van der Waals surface area contributed by atoms with E-state index < -0.39 is 5.97 Å². The van der Waals surface area contributed by atoms with E-state index in [4.69, 9.17) is 9.84 Å². The second-order valence-electron chi connectivity index (χ2n) is 4.07. The highest BCUT2D eigenvalue weighted by Crippen LogP contribution is 2.17. The van der Waals surface area contributed by atoms with Gasteiger partial charge in [0, 0.05) is 23.7 Å². The van der Waals surface area contributed by atoms with Crippen LogP contribution in [-0.4, -0.2) is 48.7 Å². The van der Waals surface area contributed by atoms with E-state index in [9.17, 15) is 9.59 Å². The maximum absolute atomic E-state index is 12.3. The van der Waals surface area contributed by atoms with Gasteiger partial charge in [0.05, 0.1) is 6.61 Å². The molecule has 104 valence electrons. The van der Waals surface area contributed by atoms with Gasteiger partial charge >= 0.3 is 5.97 Å². The zero-order chi connectivity index (χ0) is 14.4. The van der Waals surface area contributed by atoms with Crippen LogP contribution in [0.25, 0.3) is 0 Å². The van der Waals surface area contributed by atoms with E-state index in [1.165, 1.54) is 12.0 Å². The summed E-state index contributed by atoms with van der Waals surface area (Å²) in [6.45, 7) is 2.02. The van der Waals surface area contributed by atoms with Crippen molar-refractivity contribution in [2.45, 2.75) is 6.92 Å². The molecule has 1 amide bonds. The van der Waals surface area contributed by atoms with Gasteiger partial charge in [-0.2, -0.15) is 0 Å². The third kappa shape index (κ3) is 4.65. The minimum Gasteiger partial charge on any atom is -0.480 e. The lowest BCUT2D eigenvalue weighted by molar-refractivity contribution is -0.137. The number of carboxylic acid groups (broad SMARTS) is 1. The number of nitrogens with zero attached hydrogens (tertiary/aromatic N) is 1. The summed E-state index contributed by atoms with van der Waals surface area (Å²) in [5.74, 6) is -1.34. The fourth-order valence-corrected chi connectivity index (χ4v) is 2.13. The summed E-state index contributed by atoms with van der Waals surface area (Å²) in [6.07, 6.45) is 0. The lowest BCUT2D eigenvalue weighted by Crippen LogP contribution is -2.38. The number of aliphatic carboxylic acids is 1. The van der Waals surface area contributed by atoms with E-state index in [0.29, 0.717) is 12.2 Å². The Balaban J connectivity index is 2.93. The first kappa shape index (κ1) is 15.7. The molecule has 0 heterocycles. The Bertz CT molecular complexity index is 476. The molecular weight excluding hydrogens is 314 g/mol. The summed E-state index contributed by atoms with van der Waals surface area (Å²) >= 11 is 3.33. The van der Waals surface area contributed by atoms with Crippen LogP contribution in [0, 0.1) is 6.92 Å². The monoisotopic (exact) mass is 329 g/mol. The van der Waals surface area contributed by atoms with Crippen LogP contribution in [0.2, 0.25) is 0 Å². The Morgan fingerprint density at radius 2 is 2.11 bits per heavy atom. The van der Waals surface area contributed by atoms with Gasteiger partial charge in [-0.05, 0) is 30.7 Å². The predicted octanol–water partition coefficient (Wildman–Crippen LogP) is 1.93. The van der Waals surface area contributed by atoms with Gasteiger partial charge in [-0.15, -0.1) is 0 Å². The molecule has 0 fully saturated rings. The van der Waals surface area contributed by atoms with Crippen LogP contribution in [0.3, 0.4) is 0 Å². The number of rotatable bonds is 6. The fourth-order valence-electron chi connectivity index (χ4n) is 1.65. The number of amides is 1. The van der Waals surface area contributed by atoms with Crippen LogP contribution >= 0.6 is 15.9 Å². The van der Waals surface area contributed by atoms with Crippen molar-refractivity contribution in [2.24, 2.45) is 0 Å². The van der Waals surface area contributed by atoms with Gasteiger partial charge < -0.3 is 14.7 Å². The molecule has 1 rings (SSSR count). The molecule has 0 aliphatic rings. The fraction of sp³-hybridized carbons (Fsp3) is 0.385. The first-order valence-corrected chi connectivity index (χ1v) is 6.51. The zero-order valence-electron chi connectivity index (χ0n) is 10.9. The molecular formula is C13H16BrNO4. The predicted molar refractivity (Wildman–Crippen MR) is 74.3 cm³/mol. The third-order valence-electron chi connectivity index (χ3n) is 2.60. The van der Waals surface area contributed by atoms with E-state index in [1.807, 2.05) is 13.0 Å². The average molecular weight is 330 g/mol. The Morgan fingerprint density at radius 3 is 2.63 bits per heavy atom. The molecule has 0 atom stereocenters. The zero-order valence-corrected chi connectivity index (χ0v) is 12.4. The number of ether oxygens (including phenoxy) is 1. The number of halogens is 1. The second kappa shape index (κ2) is 7.25. The van der Waals surface area contributed by atoms with Crippen LogP contribution in [0.1, 0.15) is 15.9 Å². The topological polar surface area (TPSA) is 66.8 Å². The van der Waals surface area contributed by atoms with E-state index in [-0.39, 0.29) is 19.0 Å². The highest BCUT2D eigenvalue weighted by molar-refractivity contribution is 9.10. The summed E-state index contributed by atoms with van der Waals surface area (Å²) in [7, 11) is 1.51. The van der Waals surface area contributed by atoms with Crippen LogP contribution in [0.5, 0.6) is 0 Å². The second-order valence-corrected chi connectivity index (χ2v) is 4.99. The van der Waals surface area contributed by atoms with Gasteiger partial charge in [-0.25, -0.2) is 0 Å². The lowest BCUT2D eigenvalue weighted by Gasteiger charge is -2.21. The first-order valence-electron chi connectivity index (χ1n) is 5.72. The lowest BCUT2D eigenvalue weighted by atomic mass is 10.1. The molecule has 0 saturated heterocycles. The molecule has 0 bridgehead atoms. The summed E-state index contributed by atoms with van der Waals surface area (Å²) in [5.41, 5.74) is 1.30. The number of carbonyl (C=O) groups is 2. The van der Waals surface area contributed by atoms with Gasteiger partial charge in [-0.3, -0.25) is 9.59 Å². The van der Waals surface area contributed by atoms with Crippen molar-refractivity contribution >= 4 is 27.8 Å². The molecule has 1 N–H and O–H groups in total. The van der Waals surface area contributed by atoms with Crippen molar-refractivity contribution in [1.29, 1.82) is 0 Å². The van der Waals surface area contributed by atoms with Crippen LogP contribution in [0.15, 0.2) is 22.7 Å². The molecule has 5 nitrogen and oxygen atoms in total. The molecule has 0 aromatic heterocycles. The minimum absolute atomic E-state index is 0.247. The number of methoxy groups -OCH3 is 1. The van der Waals surface area contributed by atoms with Crippen molar-refractivity contribution in [2.75, 3.05) is 26.8 Å². The summed E-state index contributed by atoms with van der Waals surface area (Å²) in [4.78, 5) is 24.4. The average Bonchev–Trinajstić information content (AvgIpc) is 2.33. The maximum atomic E-state index is 12.3. The van der Waals surface area contributed by atoms with E-state index in [2.05, 4.69) is 15.9 Å². The molecule has 0 radical (unpaired) electrons. The highest BCUT2D eigenvalue weighted by atomic mass is 79.9. The minimum atomic E-state index is -1.04. The molecule has 19 heavy (non-hydrogen) atoms. The maximum Gasteiger partial charge on any atom is 0.323 e. The molecule has 6 heteroatoms. The van der Waals surface area contributed by atoms with Crippen LogP contribution < -0.4 is 0 Å². The molecule has 0 aliphatic carbocycles. The van der Waals surface area contributed by atoms with Gasteiger partial charge in [-0.1, -0.05) is 15.9 Å². The SMILES string of the molecule is COCCN(CC(=O)O)C(=O)c1ccc(Br)cc1C. The quantitative estimate of drug-likeness (QED) is 0.866. The third-order valence-corrected chi connectivity index (χ3v) is 3.09. The largest absolute Gasteiger partial charge is 0.480 e. The Kier molecular flexibility index (Phi) is 5.98. The van der Waals surface area contributed by atoms with Gasteiger partial charge in [0.2, 0.25) is 0 Å². The van der Waals surface area contributed by atoms with Crippen LogP contribution in [0.4, 0.5) is 0 Å². The Hall–Kier alpha value is -1.40. The Labute approximate surface area is 120 Å². The molecule has 0 spiro atoms. The number of benzene rings is 1. The first-order chi connectivity index (χ1) is 8.95. The number of hydrogen-bond donors (Lipinski definition) is 1. The molecule has 0 aliphatic heterocycles. The number of hydrogen-bond acceptors (Lipinski definition) is 3. The standard InChI is InChI=1S/C13H16BrNO4/c1-9-7-10(14)3-4-11(9)13(18)15(5-6-19-2)8-12(16)17/h3-4,7H,5-6,8H2,1-2H3,(H,16,17). The Morgan fingerprint density at radius 1 is 1.42 bits per heavy atom. The van der Waals surface area contributed by atoms with Gasteiger partial charge in [0.15, 0.2) is 0 Å². The molecule has 1 aromatic rings. The summed E-state index contributed by atoms with van der Waals surface area (Å²) in [5, 5.41) is 8.85. The highest BCUT2D eigenvalue weighted by Gasteiger charge is 2.19. The molecule has 0 unspecified atom stereocenters. The number of carbonyl (C=O) groups excluding carboxylic acids is 1. The van der Waals surface area contributed by atoms with Crippen LogP contribution in [-0.2, 0) is 9.53 Å². The van der Waals surface area contributed by atoms with E-state index in [1.54, 1.807) is 12.1 Å². The van der Waals surface area contributed by atoms with Crippen molar-refractivity contribution in [3.8, 4) is 0 Å². The summed E-state index contributed by atoms with van der Waals surface area (Å²) < 4.78 is 5.77. The van der Waals surface area contributed by atoms with Crippen molar-refractivity contribution in [3.05, 3.63) is 33.8 Å². The normalized spacial score (nSPS) is 10.3. The van der Waals surface area contributed by atoms with E-state index in [0.717, 1.165) is 10.0 Å². The van der Waals surface area contributed by atoms with E-state index >= 15 is 0 Å². The van der Waals surface area contributed by atoms with Crippen molar-refractivity contribution in [3.63, 3.8) is 0 Å². The number of aryl methyl sites for hydroxylation is 1.